The molecule has 0 fully saturated rings. The number of aromatic nitrogens is 3. The van der Waals surface area contributed by atoms with E-state index < -0.39 is 11.7 Å². The zero-order valence-electron chi connectivity index (χ0n) is 15.7. The average Bonchev–Trinajstić information content (AvgIpc) is 2.62. The van der Waals surface area contributed by atoms with Crippen LogP contribution in [0.1, 0.15) is 25.0 Å². The Bertz CT molecular complexity index is 956. The highest BCUT2D eigenvalue weighted by Gasteiger charge is 2.30. The van der Waals surface area contributed by atoms with Gasteiger partial charge in [-0.1, -0.05) is 6.07 Å². The summed E-state index contributed by atoms with van der Waals surface area (Å²) in [5, 5.41) is 6.14. The van der Waals surface area contributed by atoms with Gasteiger partial charge in [0.25, 0.3) is 0 Å². The van der Waals surface area contributed by atoms with Gasteiger partial charge in [-0.15, -0.1) is 0 Å². The van der Waals surface area contributed by atoms with Gasteiger partial charge in [0.1, 0.15) is 5.82 Å². The molecule has 2 aromatic heterocycles. The van der Waals surface area contributed by atoms with E-state index in [1.54, 1.807) is 37.5 Å². The van der Waals surface area contributed by atoms with E-state index in [2.05, 4.69) is 25.6 Å². The number of benzene rings is 1. The Morgan fingerprint density at radius 2 is 1.68 bits per heavy atom. The number of hydrogen-bond donors (Lipinski definition) is 2. The molecule has 0 atom stereocenters. The second kappa shape index (κ2) is 7.84. The molecule has 0 radical (unpaired) electrons. The fraction of sp³-hybridized carbons (Fsp3) is 0.250. The van der Waals surface area contributed by atoms with Crippen LogP contribution in [0.5, 0.6) is 0 Å². The van der Waals surface area contributed by atoms with Gasteiger partial charge in [0, 0.05) is 35.8 Å². The Morgan fingerprint density at radius 1 is 0.964 bits per heavy atom. The van der Waals surface area contributed by atoms with Gasteiger partial charge in [-0.2, -0.15) is 18.2 Å². The molecule has 0 aliphatic heterocycles. The van der Waals surface area contributed by atoms with Gasteiger partial charge >= 0.3 is 6.18 Å². The van der Waals surface area contributed by atoms with Crippen LogP contribution in [0.3, 0.4) is 0 Å². The van der Waals surface area contributed by atoms with Crippen molar-refractivity contribution in [3.63, 3.8) is 0 Å². The van der Waals surface area contributed by atoms with E-state index in [-0.39, 0.29) is 6.04 Å². The summed E-state index contributed by atoms with van der Waals surface area (Å²) in [5.41, 5.74) is 1.75. The number of pyridine rings is 1. The quantitative estimate of drug-likeness (QED) is 0.611. The van der Waals surface area contributed by atoms with Crippen molar-refractivity contribution >= 4 is 17.5 Å². The topological polar surface area (TPSA) is 62.7 Å². The second-order valence-corrected chi connectivity index (χ2v) is 6.65. The standard InChI is InChI=1S/C20H20F3N5/c1-12(2)25-19-27-17(14-6-8-24-9-7-14)11-18(28-19)26-16-10-15(20(21,22)23)5-4-13(16)3/h4-12H,1-3H3,(H2,25,26,27,28). The van der Waals surface area contributed by atoms with Crippen LogP contribution in [-0.4, -0.2) is 21.0 Å². The molecule has 2 heterocycles. The van der Waals surface area contributed by atoms with Crippen molar-refractivity contribution in [1.29, 1.82) is 0 Å². The maximum atomic E-state index is 13.1. The first-order valence-electron chi connectivity index (χ1n) is 8.73. The van der Waals surface area contributed by atoms with E-state index in [9.17, 15) is 13.2 Å². The molecule has 0 saturated carbocycles. The lowest BCUT2D eigenvalue weighted by Gasteiger charge is -2.15. The average molecular weight is 387 g/mol. The maximum absolute atomic E-state index is 13.1. The molecule has 0 aliphatic carbocycles. The molecule has 1 aromatic carbocycles. The van der Waals surface area contributed by atoms with Gasteiger partial charge in [-0.25, -0.2) is 4.98 Å². The predicted octanol–water partition coefficient (Wildman–Crippen LogP) is 5.43. The van der Waals surface area contributed by atoms with Crippen molar-refractivity contribution in [2.24, 2.45) is 0 Å². The molecule has 0 saturated heterocycles. The molecule has 0 spiro atoms. The fourth-order valence-electron chi connectivity index (χ4n) is 2.58. The summed E-state index contributed by atoms with van der Waals surface area (Å²) in [6.45, 7) is 5.64. The van der Waals surface area contributed by atoms with Crippen molar-refractivity contribution in [2.75, 3.05) is 10.6 Å². The van der Waals surface area contributed by atoms with Crippen molar-refractivity contribution in [3.8, 4) is 11.3 Å². The van der Waals surface area contributed by atoms with Crippen LogP contribution in [0, 0.1) is 6.92 Å². The van der Waals surface area contributed by atoms with Crippen LogP contribution >= 0.6 is 0 Å². The predicted molar refractivity (Wildman–Crippen MR) is 103 cm³/mol. The first kappa shape index (κ1) is 19.6. The third-order valence-electron chi connectivity index (χ3n) is 3.95. The van der Waals surface area contributed by atoms with E-state index in [1.165, 1.54) is 6.07 Å². The number of halogens is 3. The Kier molecular flexibility index (Phi) is 5.48. The summed E-state index contributed by atoms with van der Waals surface area (Å²) < 4.78 is 39.2. The lowest BCUT2D eigenvalue weighted by Crippen LogP contribution is -2.13. The molecule has 0 aliphatic rings. The molecule has 8 heteroatoms. The summed E-state index contributed by atoms with van der Waals surface area (Å²) in [6, 6.07) is 8.98. The summed E-state index contributed by atoms with van der Waals surface area (Å²) in [6.07, 6.45) is -1.11. The van der Waals surface area contributed by atoms with Crippen LogP contribution < -0.4 is 10.6 Å². The molecular weight excluding hydrogens is 367 g/mol. The Hall–Kier alpha value is -3.16. The lowest BCUT2D eigenvalue weighted by atomic mass is 10.1. The molecule has 3 rings (SSSR count). The van der Waals surface area contributed by atoms with Crippen LogP contribution in [0.15, 0.2) is 48.8 Å². The van der Waals surface area contributed by atoms with Gasteiger partial charge in [0.15, 0.2) is 0 Å². The number of aryl methyl sites for hydroxylation is 1. The zero-order valence-corrected chi connectivity index (χ0v) is 15.7. The van der Waals surface area contributed by atoms with Crippen LogP contribution in [0.4, 0.5) is 30.6 Å². The summed E-state index contributed by atoms with van der Waals surface area (Å²) in [7, 11) is 0. The van der Waals surface area contributed by atoms with E-state index in [4.69, 9.17) is 0 Å². The van der Waals surface area contributed by atoms with Gasteiger partial charge < -0.3 is 10.6 Å². The number of hydrogen-bond acceptors (Lipinski definition) is 5. The summed E-state index contributed by atoms with van der Waals surface area (Å²) >= 11 is 0. The molecule has 5 nitrogen and oxygen atoms in total. The third kappa shape index (κ3) is 4.76. The maximum Gasteiger partial charge on any atom is 0.416 e. The van der Waals surface area contributed by atoms with Gasteiger partial charge in [-0.3, -0.25) is 4.98 Å². The number of nitrogens with one attached hydrogen (secondary N) is 2. The highest BCUT2D eigenvalue weighted by Crippen LogP contribution is 2.33. The Balaban J connectivity index is 2.02. The SMILES string of the molecule is Cc1ccc(C(F)(F)F)cc1Nc1cc(-c2ccncc2)nc(NC(C)C)n1. The normalized spacial score (nSPS) is 11.5. The monoisotopic (exact) mass is 387 g/mol. The van der Waals surface area contributed by atoms with Crippen molar-refractivity contribution in [2.45, 2.75) is 33.0 Å². The molecule has 2 N–H and O–H groups in total. The largest absolute Gasteiger partial charge is 0.416 e. The van der Waals surface area contributed by atoms with E-state index in [0.29, 0.717) is 28.7 Å². The van der Waals surface area contributed by atoms with E-state index in [0.717, 1.165) is 17.7 Å². The summed E-state index contributed by atoms with van der Waals surface area (Å²) in [4.78, 5) is 12.9. The van der Waals surface area contributed by atoms with Gasteiger partial charge in [0.2, 0.25) is 5.95 Å². The minimum absolute atomic E-state index is 0.0934. The molecule has 3 aromatic rings. The highest BCUT2D eigenvalue weighted by molar-refractivity contribution is 5.68. The van der Waals surface area contributed by atoms with Crippen molar-refractivity contribution in [3.05, 3.63) is 59.9 Å². The number of anilines is 3. The number of nitrogens with zero attached hydrogens (tertiary/aromatic N) is 3. The zero-order chi connectivity index (χ0) is 20.3. The molecule has 146 valence electrons. The minimum Gasteiger partial charge on any atom is -0.352 e. The minimum atomic E-state index is -4.41. The molecule has 0 amide bonds. The summed E-state index contributed by atoms with van der Waals surface area (Å²) in [5.74, 6) is 0.781. The van der Waals surface area contributed by atoms with Crippen LogP contribution in [-0.2, 0) is 6.18 Å². The Labute approximate surface area is 161 Å². The van der Waals surface area contributed by atoms with E-state index >= 15 is 0 Å². The molecular formula is C20H20F3N5. The van der Waals surface area contributed by atoms with Crippen LogP contribution in [0.2, 0.25) is 0 Å². The lowest BCUT2D eigenvalue weighted by molar-refractivity contribution is -0.137. The first-order chi connectivity index (χ1) is 13.2. The number of alkyl halides is 3. The number of rotatable bonds is 5. The van der Waals surface area contributed by atoms with Gasteiger partial charge in [0.05, 0.1) is 11.3 Å². The van der Waals surface area contributed by atoms with Crippen molar-refractivity contribution in [1.82, 2.24) is 15.0 Å². The fourth-order valence-corrected chi connectivity index (χ4v) is 2.58. The van der Waals surface area contributed by atoms with Crippen molar-refractivity contribution < 1.29 is 13.2 Å². The van der Waals surface area contributed by atoms with Gasteiger partial charge in [-0.05, 0) is 50.6 Å². The first-order valence-corrected chi connectivity index (χ1v) is 8.73. The van der Waals surface area contributed by atoms with E-state index in [1.807, 2.05) is 13.8 Å². The second-order valence-electron chi connectivity index (χ2n) is 6.65. The highest BCUT2D eigenvalue weighted by atomic mass is 19.4. The third-order valence-corrected chi connectivity index (χ3v) is 3.95. The van der Waals surface area contributed by atoms with Crippen LogP contribution in [0.25, 0.3) is 11.3 Å². The molecule has 28 heavy (non-hydrogen) atoms. The molecule has 0 unspecified atom stereocenters. The Morgan fingerprint density at radius 3 is 2.32 bits per heavy atom. The molecule has 0 bridgehead atoms. The smallest absolute Gasteiger partial charge is 0.352 e.